The standard InChI is InChI=1S/C11H11ClN2O4S3/c1-2-7-3-4-8(19-7)6-13-21(17,18)10-5-9(14(15)16)11(12)20-10/h3-5,13H,2,6H2,1H3. The highest BCUT2D eigenvalue weighted by molar-refractivity contribution is 7.91. The summed E-state index contributed by atoms with van der Waals surface area (Å²) in [5.41, 5.74) is -0.397. The molecule has 0 aliphatic heterocycles. The van der Waals surface area contributed by atoms with Crippen LogP contribution in [0.25, 0.3) is 0 Å². The number of aryl methyl sites for hydroxylation is 1. The molecule has 0 radical (unpaired) electrons. The van der Waals surface area contributed by atoms with E-state index in [4.69, 9.17) is 11.6 Å². The molecule has 0 atom stereocenters. The Balaban J connectivity index is 2.14. The van der Waals surface area contributed by atoms with E-state index in [1.54, 1.807) is 0 Å². The number of nitrogens with one attached hydrogen (secondary N) is 1. The molecule has 0 unspecified atom stereocenters. The average Bonchev–Trinajstić information content (AvgIpc) is 3.02. The number of halogens is 1. The van der Waals surface area contributed by atoms with Gasteiger partial charge in [-0.2, -0.15) is 0 Å². The molecule has 10 heteroatoms. The summed E-state index contributed by atoms with van der Waals surface area (Å²) in [6.07, 6.45) is 0.893. The fourth-order valence-corrected chi connectivity index (χ4v) is 5.24. The van der Waals surface area contributed by atoms with Gasteiger partial charge in [-0.3, -0.25) is 10.1 Å². The lowest BCUT2D eigenvalue weighted by Crippen LogP contribution is -2.21. The normalized spacial score (nSPS) is 11.7. The molecular weight excluding hydrogens is 356 g/mol. The molecule has 0 saturated carbocycles. The van der Waals surface area contributed by atoms with Gasteiger partial charge in [0.2, 0.25) is 0 Å². The van der Waals surface area contributed by atoms with E-state index in [0.29, 0.717) is 11.3 Å². The van der Waals surface area contributed by atoms with Crippen LogP contribution in [0.4, 0.5) is 5.69 Å². The number of hydrogen-bond acceptors (Lipinski definition) is 6. The maximum absolute atomic E-state index is 12.1. The third-order valence-electron chi connectivity index (χ3n) is 2.61. The highest BCUT2D eigenvalue weighted by Gasteiger charge is 2.25. The highest BCUT2D eigenvalue weighted by atomic mass is 35.5. The van der Waals surface area contributed by atoms with Crippen LogP contribution in [0.15, 0.2) is 22.4 Å². The highest BCUT2D eigenvalue weighted by Crippen LogP contribution is 2.36. The number of nitrogens with zero attached hydrogens (tertiary/aromatic N) is 1. The van der Waals surface area contributed by atoms with E-state index in [1.807, 2.05) is 19.1 Å². The van der Waals surface area contributed by atoms with Crippen molar-refractivity contribution < 1.29 is 13.3 Å². The Morgan fingerprint density at radius 1 is 1.33 bits per heavy atom. The maximum atomic E-state index is 12.1. The molecule has 0 bridgehead atoms. The van der Waals surface area contributed by atoms with Crippen LogP contribution in [0.3, 0.4) is 0 Å². The minimum atomic E-state index is -3.80. The van der Waals surface area contributed by atoms with Crippen LogP contribution in [-0.2, 0) is 23.0 Å². The molecule has 2 rings (SSSR count). The predicted molar refractivity (Wildman–Crippen MR) is 83.7 cm³/mol. The Kier molecular flexibility index (Phi) is 4.99. The van der Waals surface area contributed by atoms with E-state index in [0.717, 1.165) is 17.4 Å². The van der Waals surface area contributed by atoms with Crippen molar-refractivity contribution in [3.8, 4) is 0 Å². The topological polar surface area (TPSA) is 89.3 Å². The number of rotatable bonds is 6. The Hall–Kier alpha value is -1.00. The SMILES string of the molecule is CCc1ccc(CNS(=O)(=O)c2cc([N+](=O)[O-])c(Cl)s2)s1. The van der Waals surface area contributed by atoms with Gasteiger partial charge in [0.25, 0.3) is 15.7 Å². The van der Waals surface area contributed by atoms with Gasteiger partial charge >= 0.3 is 0 Å². The van der Waals surface area contributed by atoms with E-state index >= 15 is 0 Å². The van der Waals surface area contributed by atoms with Crippen LogP contribution in [0.5, 0.6) is 0 Å². The molecule has 0 amide bonds. The van der Waals surface area contributed by atoms with Gasteiger partial charge in [0.05, 0.1) is 4.92 Å². The van der Waals surface area contributed by atoms with Crippen LogP contribution < -0.4 is 4.72 Å². The maximum Gasteiger partial charge on any atom is 0.300 e. The lowest BCUT2D eigenvalue weighted by atomic mass is 10.4. The van der Waals surface area contributed by atoms with Crippen LogP contribution in [-0.4, -0.2) is 13.3 Å². The van der Waals surface area contributed by atoms with Crippen LogP contribution in [0, 0.1) is 10.1 Å². The average molecular weight is 367 g/mol. The molecule has 2 aromatic rings. The second-order valence-electron chi connectivity index (χ2n) is 4.03. The van der Waals surface area contributed by atoms with Crippen molar-refractivity contribution in [2.75, 3.05) is 0 Å². The molecule has 6 nitrogen and oxygen atoms in total. The van der Waals surface area contributed by atoms with E-state index in [9.17, 15) is 18.5 Å². The molecule has 0 aromatic carbocycles. The zero-order valence-corrected chi connectivity index (χ0v) is 14.0. The van der Waals surface area contributed by atoms with Crippen molar-refractivity contribution in [1.29, 1.82) is 0 Å². The van der Waals surface area contributed by atoms with Gasteiger partial charge in [0.1, 0.15) is 4.21 Å². The summed E-state index contributed by atoms with van der Waals surface area (Å²) in [6.45, 7) is 2.17. The first-order valence-corrected chi connectivity index (χ1v) is 9.34. The minimum absolute atomic E-state index is 0.148. The van der Waals surface area contributed by atoms with Crippen molar-refractivity contribution in [2.24, 2.45) is 0 Å². The van der Waals surface area contributed by atoms with E-state index in [2.05, 4.69) is 4.72 Å². The lowest BCUT2D eigenvalue weighted by molar-refractivity contribution is -0.384. The van der Waals surface area contributed by atoms with Gasteiger partial charge in [-0.1, -0.05) is 18.5 Å². The van der Waals surface area contributed by atoms with Gasteiger partial charge in [-0.05, 0) is 18.6 Å². The van der Waals surface area contributed by atoms with E-state index < -0.39 is 20.6 Å². The predicted octanol–water partition coefficient (Wildman–Crippen LogP) is 3.41. The van der Waals surface area contributed by atoms with Crippen molar-refractivity contribution in [3.63, 3.8) is 0 Å². The number of hydrogen-bond donors (Lipinski definition) is 1. The van der Waals surface area contributed by atoms with Crippen molar-refractivity contribution in [2.45, 2.75) is 24.1 Å². The molecule has 1 N–H and O–H groups in total. The number of thiophene rings is 2. The molecule has 0 aliphatic carbocycles. The summed E-state index contributed by atoms with van der Waals surface area (Å²) >= 11 is 7.87. The summed E-state index contributed by atoms with van der Waals surface area (Å²) in [4.78, 5) is 12.0. The minimum Gasteiger partial charge on any atom is -0.258 e. The second kappa shape index (κ2) is 6.41. The van der Waals surface area contributed by atoms with Crippen LogP contribution in [0.1, 0.15) is 16.7 Å². The van der Waals surface area contributed by atoms with Gasteiger partial charge < -0.3 is 0 Å². The Bertz CT molecular complexity index is 766. The fourth-order valence-electron chi connectivity index (χ4n) is 1.54. The third-order valence-corrected chi connectivity index (χ3v) is 7.05. The van der Waals surface area contributed by atoms with Crippen molar-refractivity contribution >= 4 is 50.0 Å². The molecule has 0 fully saturated rings. The summed E-state index contributed by atoms with van der Waals surface area (Å²) in [5, 5.41) is 10.7. The number of sulfonamides is 1. The molecule has 2 heterocycles. The van der Waals surface area contributed by atoms with Crippen LogP contribution in [0.2, 0.25) is 4.34 Å². The lowest BCUT2D eigenvalue weighted by Gasteiger charge is -2.02. The van der Waals surface area contributed by atoms with Crippen molar-refractivity contribution in [3.05, 3.63) is 42.4 Å². The Morgan fingerprint density at radius 2 is 2.00 bits per heavy atom. The number of nitro groups is 1. The zero-order valence-electron chi connectivity index (χ0n) is 10.8. The molecule has 2 aromatic heterocycles. The second-order valence-corrected chi connectivity index (χ2v) is 8.93. The molecule has 0 saturated heterocycles. The van der Waals surface area contributed by atoms with Gasteiger partial charge in [0, 0.05) is 22.4 Å². The largest absolute Gasteiger partial charge is 0.300 e. The summed E-state index contributed by atoms with van der Waals surface area (Å²) in [5.74, 6) is 0. The van der Waals surface area contributed by atoms with Gasteiger partial charge in [-0.25, -0.2) is 13.1 Å². The first-order chi connectivity index (χ1) is 9.83. The quantitative estimate of drug-likeness (QED) is 0.626. The monoisotopic (exact) mass is 366 g/mol. The zero-order chi connectivity index (χ0) is 15.6. The molecule has 21 heavy (non-hydrogen) atoms. The molecule has 0 spiro atoms. The summed E-state index contributed by atoms with van der Waals surface area (Å²) in [7, 11) is -3.80. The molecule has 0 aliphatic rings. The molecular formula is C11H11ClN2O4S3. The van der Waals surface area contributed by atoms with E-state index in [-0.39, 0.29) is 15.1 Å². The van der Waals surface area contributed by atoms with Gasteiger partial charge in [-0.15, -0.1) is 22.7 Å². The summed E-state index contributed by atoms with van der Waals surface area (Å²) in [6, 6.07) is 4.78. The van der Waals surface area contributed by atoms with Crippen molar-refractivity contribution in [1.82, 2.24) is 4.72 Å². The first-order valence-electron chi connectivity index (χ1n) is 5.84. The Labute approximate surface area is 134 Å². The summed E-state index contributed by atoms with van der Waals surface area (Å²) < 4.78 is 26.3. The molecule has 114 valence electrons. The smallest absolute Gasteiger partial charge is 0.258 e. The van der Waals surface area contributed by atoms with E-state index in [1.165, 1.54) is 16.2 Å². The van der Waals surface area contributed by atoms with Gasteiger partial charge in [0.15, 0.2) is 4.34 Å². The Morgan fingerprint density at radius 3 is 2.52 bits per heavy atom. The first kappa shape index (κ1) is 16.4. The third kappa shape index (κ3) is 3.80. The van der Waals surface area contributed by atoms with Crippen LogP contribution >= 0.6 is 34.3 Å². The fraction of sp³-hybridized carbons (Fsp3) is 0.273.